The van der Waals surface area contributed by atoms with E-state index in [1.54, 1.807) is 0 Å². The van der Waals surface area contributed by atoms with Gasteiger partial charge >= 0.3 is 0 Å². The minimum absolute atomic E-state index is 0.00720. The van der Waals surface area contributed by atoms with Crippen LogP contribution in [0.25, 0.3) is 10.8 Å². The van der Waals surface area contributed by atoms with E-state index in [1.807, 2.05) is 47.4 Å². The number of amides is 3. The molecule has 0 aromatic heterocycles. The lowest BCUT2D eigenvalue weighted by molar-refractivity contribution is -0.138. The average molecular weight is 638 g/mol. The molecule has 0 saturated carbocycles. The van der Waals surface area contributed by atoms with Gasteiger partial charge in [0, 0.05) is 38.4 Å². The number of hydrogen-bond acceptors (Lipinski definition) is 4. The molecule has 0 aliphatic carbocycles. The van der Waals surface area contributed by atoms with Crippen molar-refractivity contribution in [1.29, 1.82) is 0 Å². The van der Waals surface area contributed by atoms with Crippen LogP contribution in [0.5, 0.6) is 0 Å². The Morgan fingerprint density at radius 1 is 0.723 bits per heavy atom. The van der Waals surface area contributed by atoms with E-state index in [0.29, 0.717) is 32.5 Å². The lowest BCUT2D eigenvalue weighted by atomic mass is 9.84. The number of rotatable bonds is 7. The summed E-state index contributed by atoms with van der Waals surface area (Å²) in [7, 11) is 0. The van der Waals surface area contributed by atoms with Gasteiger partial charge in [0.15, 0.2) is 0 Å². The fraction of sp³-hybridized carbons (Fsp3) is 0.500. The van der Waals surface area contributed by atoms with Gasteiger partial charge in [0.05, 0.1) is 5.92 Å². The van der Waals surface area contributed by atoms with Crippen LogP contribution in [-0.2, 0) is 32.1 Å². The van der Waals surface area contributed by atoms with Gasteiger partial charge in [0.25, 0.3) is 0 Å². The Kier molecular flexibility index (Phi) is 13.0. The minimum Gasteiger partial charge on any atom is -0.350 e. The molecule has 0 radical (unpaired) electrons. The smallest absolute Gasteiger partial charge is 0.242 e. The molecule has 2 heterocycles. The SMILES string of the molecule is O=C1C[C@@H](CC(=O)N2CCCC2)C(=O)N[C@H](C(=O)NCc2cccc3ccccc23)CCCCCCCCC[C@H]1Cc1ccccc1. The van der Waals surface area contributed by atoms with Crippen LogP contribution >= 0.6 is 0 Å². The molecule has 3 aromatic rings. The van der Waals surface area contributed by atoms with Crippen molar-refractivity contribution in [3.8, 4) is 0 Å². The van der Waals surface area contributed by atoms with Gasteiger partial charge in [0.1, 0.15) is 11.8 Å². The molecule has 5 rings (SSSR count). The maximum atomic E-state index is 14.0. The number of fused-ring (bicyclic) bond motifs is 1. The Morgan fingerprint density at radius 2 is 1.38 bits per heavy atom. The van der Waals surface area contributed by atoms with Crippen molar-refractivity contribution in [3.05, 3.63) is 83.9 Å². The van der Waals surface area contributed by atoms with Gasteiger partial charge in [0.2, 0.25) is 17.7 Å². The van der Waals surface area contributed by atoms with Crippen molar-refractivity contribution in [2.75, 3.05) is 13.1 Å². The molecule has 3 amide bonds. The van der Waals surface area contributed by atoms with Gasteiger partial charge in [-0.2, -0.15) is 0 Å². The van der Waals surface area contributed by atoms with E-state index >= 15 is 0 Å². The first-order valence-corrected chi connectivity index (χ1v) is 17.9. The fourth-order valence-corrected chi connectivity index (χ4v) is 7.18. The zero-order chi connectivity index (χ0) is 32.8. The van der Waals surface area contributed by atoms with E-state index in [0.717, 1.165) is 86.1 Å². The Hall–Kier alpha value is -4.00. The van der Waals surface area contributed by atoms with E-state index in [2.05, 4.69) is 41.0 Å². The molecular formula is C40H51N3O4. The van der Waals surface area contributed by atoms with Gasteiger partial charge in [-0.05, 0) is 54.0 Å². The highest BCUT2D eigenvalue weighted by Gasteiger charge is 2.33. The van der Waals surface area contributed by atoms with Crippen molar-refractivity contribution >= 4 is 34.3 Å². The van der Waals surface area contributed by atoms with Crippen molar-refractivity contribution in [1.82, 2.24) is 15.5 Å². The van der Waals surface area contributed by atoms with Crippen LogP contribution < -0.4 is 10.6 Å². The van der Waals surface area contributed by atoms with Gasteiger partial charge in [-0.3, -0.25) is 19.2 Å². The van der Waals surface area contributed by atoms with Gasteiger partial charge in [-0.25, -0.2) is 0 Å². The summed E-state index contributed by atoms with van der Waals surface area (Å²) in [4.78, 5) is 56.8. The highest BCUT2D eigenvalue weighted by molar-refractivity contribution is 5.94. The minimum atomic E-state index is -0.810. The van der Waals surface area contributed by atoms with Crippen LogP contribution in [0.1, 0.15) is 94.6 Å². The number of carbonyl (C=O) groups excluding carboxylic acids is 4. The lowest BCUT2D eigenvalue weighted by Crippen LogP contribution is -2.49. The molecule has 250 valence electrons. The number of nitrogens with one attached hydrogen (secondary N) is 2. The summed E-state index contributed by atoms with van der Waals surface area (Å²) >= 11 is 0. The summed E-state index contributed by atoms with van der Waals surface area (Å²) in [5.74, 6) is -1.67. The summed E-state index contributed by atoms with van der Waals surface area (Å²) in [6.45, 7) is 1.73. The molecule has 3 aromatic carbocycles. The summed E-state index contributed by atoms with van der Waals surface area (Å²) in [6.07, 6.45) is 11.0. The predicted octanol–water partition coefficient (Wildman–Crippen LogP) is 6.91. The molecule has 0 bridgehead atoms. The van der Waals surface area contributed by atoms with E-state index in [-0.39, 0.29) is 42.3 Å². The zero-order valence-electron chi connectivity index (χ0n) is 27.8. The van der Waals surface area contributed by atoms with E-state index in [9.17, 15) is 19.2 Å². The van der Waals surface area contributed by atoms with Crippen LogP contribution in [-0.4, -0.2) is 47.5 Å². The van der Waals surface area contributed by atoms with Crippen LogP contribution in [0.4, 0.5) is 0 Å². The van der Waals surface area contributed by atoms with Crippen molar-refractivity contribution < 1.29 is 19.2 Å². The number of carbonyl (C=O) groups is 4. The first-order chi connectivity index (χ1) is 23.0. The molecule has 7 heteroatoms. The molecule has 3 atom stereocenters. The molecule has 0 spiro atoms. The van der Waals surface area contributed by atoms with Gasteiger partial charge in [-0.1, -0.05) is 118 Å². The van der Waals surface area contributed by atoms with Crippen molar-refractivity contribution in [3.63, 3.8) is 0 Å². The number of hydrogen-bond donors (Lipinski definition) is 2. The van der Waals surface area contributed by atoms with E-state index in [1.165, 1.54) is 0 Å². The number of ketones is 1. The van der Waals surface area contributed by atoms with Gasteiger partial charge < -0.3 is 15.5 Å². The predicted molar refractivity (Wildman–Crippen MR) is 186 cm³/mol. The van der Waals surface area contributed by atoms with Crippen LogP contribution in [0.3, 0.4) is 0 Å². The second-order valence-corrected chi connectivity index (χ2v) is 13.5. The van der Waals surface area contributed by atoms with Crippen molar-refractivity contribution in [2.24, 2.45) is 11.8 Å². The Labute approximate surface area is 279 Å². The zero-order valence-corrected chi connectivity index (χ0v) is 27.8. The van der Waals surface area contributed by atoms with Crippen LogP contribution in [0.2, 0.25) is 0 Å². The third kappa shape index (κ3) is 10.2. The van der Waals surface area contributed by atoms with E-state index in [4.69, 9.17) is 0 Å². The third-order valence-corrected chi connectivity index (χ3v) is 9.99. The summed E-state index contributed by atoms with van der Waals surface area (Å²) in [6, 6.07) is 23.5. The third-order valence-electron chi connectivity index (χ3n) is 9.99. The van der Waals surface area contributed by atoms with Crippen molar-refractivity contribution in [2.45, 2.75) is 102 Å². The van der Waals surface area contributed by atoms with Gasteiger partial charge in [-0.15, -0.1) is 0 Å². The Morgan fingerprint density at radius 3 is 2.15 bits per heavy atom. The quantitative estimate of drug-likeness (QED) is 0.294. The van der Waals surface area contributed by atoms with Crippen LogP contribution in [0.15, 0.2) is 72.8 Å². The topological polar surface area (TPSA) is 95.6 Å². The first-order valence-electron chi connectivity index (χ1n) is 17.9. The molecule has 2 saturated heterocycles. The maximum Gasteiger partial charge on any atom is 0.242 e. The number of nitrogens with zero attached hydrogens (tertiary/aromatic N) is 1. The summed E-state index contributed by atoms with van der Waals surface area (Å²) in [5.41, 5.74) is 2.12. The standard InChI is InChI=1S/C40H51N3O4/c44-37-27-34(28-38(45)43-24-13-14-25-43)39(46)42-36(40(47)41-29-33-21-15-20-31-18-11-12-22-35(31)33)23-10-5-3-1-2-4-9-19-32(37)26-30-16-7-6-8-17-30/h6-8,11-12,15-18,20-22,32,34,36H,1-5,9-10,13-14,19,23-29H2,(H,41,47)(H,42,46)/t32-,34-,36-/m0/s1. The first kappa shape index (κ1) is 34.3. The molecule has 2 fully saturated rings. The monoisotopic (exact) mass is 637 g/mol. The molecule has 47 heavy (non-hydrogen) atoms. The summed E-state index contributed by atoms with van der Waals surface area (Å²) < 4.78 is 0. The lowest BCUT2D eigenvalue weighted by Gasteiger charge is -2.25. The second kappa shape index (κ2) is 17.8. The van der Waals surface area contributed by atoms with Crippen LogP contribution in [0, 0.1) is 11.8 Å². The molecule has 2 aliphatic rings. The average Bonchev–Trinajstić information content (AvgIpc) is 3.64. The molecule has 2 aliphatic heterocycles. The normalized spacial score (nSPS) is 22.1. The number of benzene rings is 3. The highest BCUT2D eigenvalue weighted by Crippen LogP contribution is 2.25. The fourth-order valence-electron chi connectivity index (χ4n) is 7.18. The Bertz CT molecular complexity index is 1480. The summed E-state index contributed by atoms with van der Waals surface area (Å²) in [5, 5.41) is 8.31. The molecule has 2 N–H and O–H groups in total. The molecule has 7 nitrogen and oxygen atoms in total. The number of likely N-dealkylation sites (tertiary alicyclic amines) is 1. The Balaban J connectivity index is 1.34. The largest absolute Gasteiger partial charge is 0.350 e. The number of Topliss-reactive ketones (excluding diaryl/α,β-unsaturated/α-hetero) is 1. The second-order valence-electron chi connectivity index (χ2n) is 13.5. The molecule has 0 unspecified atom stereocenters. The maximum absolute atomic E-state index is 14.0. The van der Waals surface area contributed by atoms with E-state index < -0.39 is 12.0 Å². The molecular weight excluding hydrogens is 586 g/mol. The highest BCUT2D eigenvalue weighted by atomic mass is 16.2.